The van der Waals surface area contributed by atoms with Crippen LogP contribution < -0.4 is 5.32 Å². The van der Waals surface area contributed by atoms with Crippen molar-refractivity contribution in [1.29, 1.82) is 0 Å². The molecule has 2 aliphatic carbocycles. The number of aromatic nitrogens is 1. The van der Waals surface area contributed by atoms with E-state index in [2.05, 4.69) is 34.3 Å². The number of amides is 2. The van der Waals surface area contributed by atoms with Crippen molar-refractivity contribution in [3.05, 3.63) is 35.0 Å². The van der Waals surface area contributed by atoms with Gasteiger partial charge in [-0.1, -0.05) is 6.92 Å². The van der Waals surface area contributed by atoms with Crippen LogP contribution in [0.4, 0.5) is 0 Å². The van der Waals surface area contributed by atoms with Crippen molar-refractivity contribution in [1.82, 2.24) is 20.1 Å². The Morgan fingerprint density at radius 1 is 1.14 bits per heavy atom. The van der Waals surface area contributed by atoms with Gasteiger partial charge in [-0.25, -0.2) is 0 Å². The highest BCUT2D eigenvalue weighted by atomic mass is 16.2. The predicted octanol–water partition coefficient (Wildman–Crippen LogP) is 2.33. The molecule has 1 aromatic heterocycles. The summed E-state index contributed by atoms with van der Waals surface area (Å²) >= 11 is 0. The Morgan fingerprint density at radius 2 is 1.93 bits per heavy atom. The normalized spacial score (nSPS) is 22.5. The number of piperazine rings is 1. The molecule has 2 aromatic rings. The monoisotopic (exact) mass is 394 g/mol. The molecule has 2 heterocycles. The largest absolute Gasteiger partial charge is 0.358 e. The first kappa shape index (κ1) is 18.7. The van der Waals surface area contributed by atoms with Crippen LogP contribution in [-0.2, 0) is 17.6 Å². The molecule has 3 aliphatic rings. The maximum absolute atomic E-state index is 13.1. The molecule has 6 heteroatoms. The van der Waals surface area contributed by atoms with Gasteiger partial charge in [0.2, 0.25) is 5.91 Å². The second-order valence-electron chi connectivity index (χ2n) is 9.10. The van der Waals surface area contributed by atoms with Gasteiger partial charge in [-0.2, -0.15) is 0 Å². The smallest absolute Gasteiger partial charge is 0.253 e. The molecule has 0 unspecified atom stereocenters. The first-order valence-corrected chi connectivity index (χ1v) is 11.0. The van der Waals surface area contributed by atoms with Crippen LogP contribution in [-0.4, -0.2) is 65.4 Å². The van der Waals surface area contributed by atoms with Crippen LogP contribution in [0.15, 0.2) is 18.2 Å². The summed E-state index contributed by atoms with van der Waals surface area (Å²) < 4.78 is 0. The molecule has 2 fully saturated rings. The van der Waals surface area contributed by atoms with Gasteiger partial charge < -0.3 is 15.2 Å². The van der Waals surface area contributed by atoms with Crippen LogP contribution in [0.3, 0.4) is 0 Å². The van der Waals surface area contributed by atoms with E-state index >= 15 is 0 Å². The van der Waals surface area contributed by atoms with Crippen molar-refractivity contribution in [2.75, 3.05) is 32.7 Å². The number of hydrogen-bond donors (Lipinski definition) is 2. The summed E-state index contributed by atoms with van der Waals surface area (Å²) in [5, 5.41) is 4.25. The maximum atomic E-state index is 13.1. The van der Waals surface area contributed by atoms with Gasteiger partial charge in [0.1, 0.15) is 0 Å². The Hall–Kier alpha value is -2.34. The lowest BCUT2D eigenvalue weighted by Gasteiger charge is -2.34. The fraction of sp³-hybridized carbons (Fsp3) is 0.565. The molecule has 2 amide bonds. The van der Waals surface area contributed by atoms with Gasteiger partial charge in [0.05, 0.1) is 6.54 Å². The molecular formula is C23H30N4O2. The molecule has 29 heavy (non-hydrogen) atoms. The Bertz CT molecular complexity index is 938. The molecule has 1 aromatic carbocycles. The lowest BCUT2D eigenvalue weighted by atomic mass is 9.87. The summed E-state index contributed by atoms with van der Waals surface area (Å²) in [6.45, 7) is 5.61. The number of nitrogens with zero attached hydrogens (tertiary/aromatic N) is 2. The molecule has 1 atom stereocenters. The number of nitrogens with one attached hydrogen (secondary N) is 2. The Morgan fingerprint density at radius 3 is 2.69 bits per heavy atom. The topological polar surface area (TPSA) is 68.4 Å². The fourth-order valence-electron chi connectivity index (χ4n) is 4.72. The van der Waals surface area contributed by atoms with E-state index in [1.807, 2.05) is 11.0 Å². The number of rotatable bonds is 4. The molecule has 1 aliphatic heterocycles. The number of carbonyl (C=O) groups is 2. The molecular weight excluding hydrogens is 364 g/mol. The van der Waals surface area contributed by atoms with E-state index in [0.717, 1.165) is 49.9 Å². The quantitative estimate of drug-likeness (QED) is 0.836. The highest BCUT2D eigenvalue weighted by molar-refractivity contribution is 5.99. The lowest BCUT2D eigenvalue weighted by Crippen LogP contribution is -2.51. The van der Waals surface area contributed by atoms with Crippen molar-refractivity contribution in [2.24, 2.45) is 5.92 Å². The first-order chi connectivity index (χ1) is 14.1. The van der Waals surface area contributed by atoms with Crippen LogP contribution in [0.5, 0.6) is 0 Å². The van der Waals surface area contributed by atoms with Crippen LogP contribution in [0, 0.1) is 5.92 Å². The summed E-state index contributed by atoms with van der Waals surface area (Å²) in [6, 6.07) is 6.50. The third-order valence-electron chi connectivity index (χ3n) is 6.65. The lowest BCUT2D eigenvalue weighted by molar-refractivity contribution is -0.122. The Balaban J connectivity index is 1.24. The Kier molecular flexibility index (Phi) is 4.82. The van der Waals surface area contributed by atoms with Gasteiger partial charge in [0.15, 0.2) is 0 Å². The van der Waals surface area contributed by atoms with E-state index in [1.54, 1.807) is 0 Å². The molecule has 2 N–H and O–H groups in total. The minimum absolute atomic E-state index is 0.104. The Labute approximate surface area is 171 Å². The fourth-order valence-corrected chi connectivity index (χ4v) is 4.72. The zero-order valence-electron chi connectivity index (χ0n) is 17.2. The number of benzene rings is 1. The summed E-state index contributed by atoms with van der Waals surface area (Å²) in [7, 11) is 0. The van der Waals surface area contributed by atoms with E-state index in [9.17, 15) is 9.59 Å². The van der Waals surface area contributed by atoms with E-state index in [0.29, 0.717) is 31.6 Å². The molecule has 5 rings (SSSR count). The third kappa shape index (κ3) is 3.90. The molecule has 154 valence electrons. The summed E-state index contributed by atoms with van der Waals surface area (Å²) in [5.74, 6) is 0.919. The van der Waals surface area contributed by atoms with E-state index < -0.39 is 0 Å². The standard InChI is InChI=1S/C23H30N4O2/c1-15-2-6-20-18(12-15)19-13-16(3-7-21(19)25-20)23(29)27-10-8-26(9-11-27)14-22(28)24-17-4-5-17/h3,7,13,15,17,25H,2,4-6,8-12,14H2,1H3,(H,24,28)/t15-/m1/s1. The summed E-state index contributed by atoms with van der Waals surface area (Å²) in [6.07, 6.45) is 5.65. The van der Waals surface area contributed by atoms with Crippen molar-refractivity contribution in [3.8, 4) is 0 Å². The van der Waals surface area contributed by atoms with E-state index in [1.165, 1.54) is 23.1 Å². The van der Waals surface area contributed by atoms with Gasteiger partial charge in [-0.05, 0) is 61.8 Å². The SMILES string of the molecule is C[C@@H]1CCc2[nH]c3ccc(C(=O)N4CCN(CC(=O)NC5CC5)CC4)cc3c2C1. The van der Waals surface area contributed by atoms with Crippen molar-refractivity contribution >= 4 is 22.7 Å². The third-order valence-corrected chi connectivity index (χ3v) is 6.65. The van der Waals surface area contributed by atoms with Gasteiger partial charge in [0, 0.05) is 54.4 Å². The summed E-state index contributed by atoms with van der Waals surface area (Å²) in [4.78, 5) is 32.7. The summed E-state index contributed by atoms with van der Waals surface area (Å²) in [5.41, 5.74) is 4.67. The second kappa shape index (κ2) is 7.48. The average molecular weight is 395 g/mol. The molecule has 0 radical (unpaired) electrons. The zero-order chi connectivity index (χ0) is 20.0. The molecule has 0 bridgehead atoms. The minimum atomic E-state index is 0.104. The van der Waals surface area contributed by atoms with Crippen LogP contribution in [0.2, 0.25) is 0 Å². The van der Waals surface area contributed by atoms with Crippen molar-refractivity contribution in [3.63, 3.8) is 0 Å². The van der Waals surface area contributed by atoms with Crippen LogP contribution >= 0.6 is 0 Å². The van der Waals surface area contributed by atoms with Gasteiger partial charge in [0.25, 0.3) is 5.91 Å². The second-order valence-corrected chi connectivity index (χ2v) is 9.10. The number of carbonyl (C=O) groups excluding carboxylic acids is 2. The zero-order valence-corrected chi connectivity index (χ0v) is 17.2. The first-order valence-electron chi connectivity index (χ1n) is 11.0. The van der Waals surface area contributed by atoms with Crippen molar-refractivity contribution < 1.29 is 9.59 Å². The van der Waals surface area contributed by atoms with Gasteiger partial charge in [-0.15, -0.1) is 0 Å². The highest BCUT2D eigenvalue weighted by Gasteiger charge is 2.27. The average Bonchev–Trinajstić information content (AvgIpc) is 3.46. The molecule has 6 nitrogen and oxygen atoms in total. The number of fused-ring (bicyclic) bond motifs is 3. The number of aromatic amines is 1. The van der Waals surface area contributed by atoms with Gasteiger partial charge in [-0.3, -0.25) is 14.5 Å². The number of hydrogen-bond acceptors (Lipinski definition) is 3. The van der Waals surface area contributed by atoms with E-state index in [4.69, 9.17) is 0 Å². The molecule has 0 spiro atoms. The molecule has 1 saturated carbocycles. The van der Waals surface area contributed by atoms with Crippen LogP contribution in [0.25, 0.3) is 10.9 Å². The maximum Gasteiger partial charge on any atom is 0.253 e. The highest BCUT2D eigenvalue weighted by Crippen LogP contribution is 2.32. The number of aryl methyl sites for hydroxylation is 1. The van der Waals surface area contributed by atoms with Crippen LogP contribution in [0.1, 0.15) is 47.8 Å². The van der Waals surface area contributed by atoms with E-state index in [-0.39, 0.29) is 11.8 Å². The van der Waals surface area contributed by atoms with Gasteiger partial charge >= 0.3 is 0 Å². The predicted molar refractivity (Wildman–Crippen MR) is 113 cm³/mol. The van der Waals surface area contributed by atoms with Crippen molar-refractivity contribution in [2.45, 2.75) is 45.1 Å². The number of H-pyrrole nitrogens is 1. The molecule has 1 saturated heterocycles. The minimum Gasteiger partial charge on any atom is -0.358 e.